The Morgan fingerprint density at radius 1 is 1.48 bits per heavy atom. The van der Waals surface area contributed by atoms with Crippen molar-refractivity contribution in [1.82, 2.24) is 10.4 Å². The number of rotatable bonds is 2. The smallest absolute Gasteiger partial charge is 0.343 e. The van der Waals surface area contributed by atoms with Gasteiger partial charge in [0.05, 0.1) is 5.56 Å². The maximum absolute atomic E-state index is 13.3. The normalized spacial score (nSPS) is 25.6. The van der Waals surface area contributed by atoms with Gasteiger partial charge in [-0.05, 0) is 37.7 Å². The molecular weight excluding hydrogens is 335 g/mol. The summed E-state index contributed by atoms with van der Waals surface area (Å²) in [5.41, 5.74) is 0.672. The van der Waals surface area contributed by atoms with Gasteiger partial charge in [0.25, 0.3) is 5.91 Å². The van der Waals surface area contributed by atoms with Crippen LogP contribution in [0, 0.1) is 30.1 Å². The van der Waals surface area contributed by atoms with Crippen molar-refractivity contribution in [2.75, 3.05) is 11.4 Å². The summed E-state index contributed by atoms with van der Waals surface area (Å²) in [4.78, 5) is 18.0. The number of nitrogens with two attached hydrogens (primary N) is 1. The number of hydrogen-bond donors (Lipinski definition) is 2. The van der Waals surface area contributed by atoms with Crippen molar-refractivity contribution in [1.29, 1.82) is 5.26 Å². The fourth-order valence-corrected chi connectivity index (χ4v) is 4.14. The van der Waals surface area contributed by atoms with Crippen LogP contribution in [0.5, 0.6) is 0 Å². The Bertz CT molecular complexity index is 743. The number of nitriles is 1. The second-order valence-electron chi connectivity index (χ2n) is 6.58. The van der Waals surface area contributed by atoms with Gasteiger partial charge in [0.15, 0.2) is 0 Å². The lowest BCUT2D eigenvalue weighted by molar-refractivity contribution is -0.137. The molecule has 0 radical (unpaired) electrons. The highest BCUT2D eigenvalue weighted by Crippen LogP contribution is 2.45. The van der Waals surface area contributed by atoms with Gasteiger partial charge in [-0.3, -0.25) is 10.2 Å². The first-order valence-corrected chi connectivity index (χ1v) is 8.04. The lowest BCUT2D eigenvalue weighted by Crippen LogP contribution is -2.49. The molecule has 1 amide bonds. The molecule has 3 rings (SSSR count). The molecule has 2 aliphatic rings. The van der Waals surface area contributed by atoms with E-state index < -0.39 is 29.3 Å². The van der Waals surface area contributed by atoms with Crippen molar-refractivity contribution in [2.45, 2.75) is 38.4 Å². The van der Waals surface area contributed by atoms with E-state index in [0.29, 0.717) is 6.54 Å². The molecule has 3 N–H and O–H groups in total. The summed E-state index contributed by atoms with van der Waals surface area (Å²) in [6, 6.07) is 1.78. The molecule has 2 fully saturated rings. The molecule has 134 valence electrons. The minimum atomic E-state index is -4.67. The van der Waals surface area contributed by atoms with Gasteiger partial charge in [-0.1, -0.05) is 6.42 Å². The summed E-state index contributed by atoms with van der Waals surface area (Å²) in [6.07, 6.45) is -2.00. The largest absolute Gasteiger partial charge is 0.417 e. The predicted molar refractivity (Wildman–Crippen MR) is 83.0 cm³/mol. The van der Waals surface area contributed by atoms with Gasteiger partial charge in [-0.15, -0.1) is 0 Å². The maximum atomic E-state index is 13.3. The number of amides is 1. The summed E-state index contributed by atoms with van der Waals surface area (Å²) in [5, 5.41) is 9.36. The number of carbonyl (C=O) groups is 1. The molecule has 0 spiro atoms. The van der Waals surface area contributed by atoms with Crippen molar-refractivity contribution in [3.8, 4) is 6.07 Å². The maximum Gasteiger partial charge on any atom is 0.417 e. The number of aromatic nitrogens is 1. The first-order valence-electron chi connectivity index (χ1n) is 8.04. The van der Waals surface area contributed by atoms with E-state index in [1.165, 1.54) is 11.8 Å². The first kappa shape index (κ1) is 17.5. The van der Waals surface area contributed by atoms with Crippen LogP contribution in [-0.4, -0.2) is 23.5 Å². The minimum absolute atomic E-state index is 0.00624. The van der Waals surface area contributed by atoms with E-state index in [4.69, 9.17) is 5.84 Å². The van der Waals surface area contributed by atoms with Gasteiger partial charge in [0, 0.05) is 12.2 Å². The van der Waals surface area contributed by atoms with E-state index in [1.54, 1.807) is 6.07 Å². The SMILES string of the molecule is Cc1cc(C(F)(F)F)c(C#N)c(N2CC3CCCC3C2C(=O)NN)n1. The van der Waals surface area contributed by atoms with Crippen LogP contribution in [0.15, 0.2) is 6.07 Å². The van der Waals surface area contributed by atoms with Gasteiger partial charge in [0.1, 0.15) is 23.5 Å². The van der Waals surface area contributed by atoms with Gasteiger partial charge in [-0.25, -0.2) is 10.8 Å². The third kappa shape index (κ3) is 2.91. The highest BCUT2D eigenvalue weighted by atomic mass is 19.4. The summed E-state index contributed by atoms with van der Waals surface area (Å²) < 4.78 is 40.0. The number of carbonyl (C=O) groups excluding carboxylic acids is 1. The quantitative estimate of drug-likeness (QED) is 0.481. The Balaban J connectivity index is 2.13. The van der Waals surface area contributed by atoms with Crippen LogP contribution in [0.4, 0.5) is 19.0 Å². The molecule has 1 saturated heterocycles. The van der Waals surface area contributed by atoms with Gasteiger partial charge < -0.3 is 4.90 Å². The molecule has 1 aromatic heterocycles. The van der Waals surface area contributed by atoms with Crippen LogP contribution in [0.25, 0.3) is 0 Å². The molecular formula is C16H18F3N5O. The molecule has 0 aromatic carbocycles. The predicted octanol–water partition coefficient (Wildman–Crippen LogP) is 1.88. The molecule has 1 aliphatic heterocycles. The van der Waals surface area contributed by atoms with Crippen LogP contribution in [0.3, 0.4) is 0 Å². The summed E-state index contributed by atoms with van der Waals surface area (Å²) in [6.45, 7) is 1.83. The standard InChI is InChI=1S/C16H18F3N5O/c1-8-5-12(16(17,18)19)11(6-20)14(22-8)24-7-9-3-2-4-10(9)13(24)15(25)23-21/h5,9-10,13H,2-4,7,21H2,1H3,(H,23,25). The fourth-order valence-electron chi connectivity index (χ4n) is 4.14. The van der Waals surface area contributed by atoms with Crippen LogP contribution in [0.1, 0.15) is 36.1 Å². The van der Waals surface area contributed by atoms with Crippen molar-refractivity contribution < 1.29 is 18.0 Å². The molecule has 3 atom stereocenters. The average Bonchev–Trinajstić information content (AvgIpc) is 3.13. The number of halogens is 3. The van der Waals surface area contributed by atoms with E-state index >= 15 is 0 Å². The van der Waals surface area contributed by atoms with Gasteiger partial charge in [0.2, 0.25) is 0 Å². The van der Waals surface area contributed by atoms with E-state index in [1.807, 2.05) is 0 Å². The number of hydrogen-bond acceptors (Lipinski definition) is 5. The zero-order valence-corrected chi connectivity index (χ0v) is 13.6. The molecule has 3 unspecified atom stereocenters. The summed E-state index contributed by atoms with van der Waals surface area (Å²) >= 11 is 0. The number of pyridine rings is 1. The number of aryl methyl sites for hydroxylation is 1. The van der Waals surface area contributed by atoms with Crippen LogP contribution in [-0.2, 0) is 11.0 Å². The molecule has 2 heterocycles. The Labute approximate surface area is 142 Å². The van der Waals surface area contributed by atoms with Crippen molar-refractivity contribution in [3.63, 3.8) is 0 Å². The number of hydrazine groups is 1. The molecule has 1 aromatic rings. The second-order valence-corrected chi connectivity index (χ2v) is 6.58. The third-order valence-electron chi connectivity index (χ3n) is 5.12. The van der Waals surface area contributed by atoms with E-state index in [9.17, 15) is 23.2 Å². The fraction of sp³-hybridized carbons (Fsp3) is 0.562. The van der Waals surface area contributed by atoms with E-state index in [0.717, 1.165) is 25.3 Å². The average molecular weight is 353 g/mol. The number of anilines is 1. The Hall–Kier alpha value is -2.34. The minimum Gasteiger partial charge on any atom is -0.343 e. The van der Waals surface area contributed by atoms with Crippen molar-refractivity contribution in [2.24, 2.45) is 17.7 Å². The zero-order chi connectivity index (χ0) is 18.4. The Morgan fingerprint density at radius 3 is 2.80 bits per heavy atom. The summed E-state index contributed by atoms with van der Waals surface area (Å²) in [5.74, 6) is 4.93. The lowest BCUT2D eigenvalue weighted by atomic mass is 9.93. The van der Waals surface area contributed by atoms with E-state index in [-0.39, 0.29) is 23.3 Å². The number of alkyl halides is 3. The lowest BCUT2D eigenvalue weighted by Gasteiger charge is -2.29. The second kappa shape index (κ2) is 6.19. The van der Waals surface area contributed by atoms with Gasteiger partial charge >= 0.3 is 6.18 Å². The van der Waals surface area contributed by atoms with Gasteiger partial charge in [-0.2, -0.15) is 18.4 Å². The van der Waals surface area contributed by atoms with E-state index in [2.05, 4.69) is 10.4 Å². The molecule has 6 nitrogen and oxygen atoms in total. The van der Waals surface area contributed by atoms with Crippen LogP contribution < -0.4 is 16.2 Å². The Kier molecular flexibility index (Phi) is 4.33. The molecule has 0 bridgehead atoms. The molecule has 1 saturated carbocycles. The first-order chi connectivity index (χ1) is 11.8. The van der Waals surface area contributed by atoms with Crippen LogP contribution >= 0.6 is 0 Å². The highest BCUT2D eigenvalue weighted by molar-refractivity contribution is 5.86. The molecule has 9 heteroatoms. The highest BCUT2D eigenvalue weighted by Gasteiger charge is 2.49. The molecule has 25 heavy (non-hydrogen) atoms. The zero-order valence-electron chi connectivity index (χ0n) is 13.6. The molecule has 1 aliphatic carbocycles. The van der Waals surface area contributed by atoms with Crippen molar-refractivity contribution in [3.05, 3.63) is 22.9 Å². The third-order valence-corrected chi connectivity index (χ3v) is 5.12. The monoisotopic (exact) mass is 353 g/mol. The van der Waals surface area contributed by atoms with Crippen molar-refractivity contribution >= 4 is 11.7 Å². The number of nitrogens with zero attached hydrogens (tertiary/aromatic N) is 3. The topological polar surface area (TPSA) is 95.0 Å². The van der Waals surface area contributed by atoms with Crippen LogP contribution in [0.2, 0.25) is 0 Å². The Morgan fingerprint density at radius 2 is 2.20 bits per heavy atom. The summed E-state index contributed by atoms with van der Waals surface area (Å²) in [7, 11) is 0. The number of nitrogens with one attached hydrogen (secondary N) is 1. The number of fused-ring (bicyclic) bond motifs is 1.